The Hall–Kier alpha value is -12.3. The van der Waals surface area contributed by atoms with Gasteiger partial charge in [0.05, 0.1) is 16.2 Å². The van der Waals surface area contributed by atoms with Crippen molar-refractivity contribution in [2.45, 2.75) is 40.7 Å². The predicted octanol–water partition coefficient (Wildman–Crippen LogP) is 15.4. The van der Waals surface area contributed by atoms with E-state index in [1.165, 1.54) is 0 Å². The summed E-state index contributed by atoms with van der Waals surface area (Å²) < 4.78 is 46.9. The topological polar surface area (TPSA) is 189 Å². The summed E-state index contributed by atoms with van der Waals surface area (Å²) in [7, 11) is 0. The maximum Gasteiger partial charge on any atom is 0.330 e. The van der Waals surface area contributed by atoms with Gasteiger partial charge in [-0.1, -0.05) is 232 Å². The lowest BCUT2D eigenvalue weighted by atomic mass is 9.68. The van der Waals surface area contributed by atoms with E-state index in [-0.39, 0.29) is 52.9 Å². The minimum Gasteiger partial charge on any atom is -0.491 e. The van der Waals surface area contributed by atoms with Crippen LogP contribution in [0.5, 0.6) is 34.5 Å². The zero-order chi connectivity index (χ0) is 73.5. The second-order valence-electron chi connectivity index (χ2n) is 26.8. The second-order valence-corrected chi connectivity index (χ2v) is 26.8. The number of ether oxygens (including phenoxy) is 8. The molecule has 12 aromatic rings. The average molecular weight is 1420 g/mol. The Labute approximate surface area is 621 Å². The first-order valence-electron chi connectivity index (χ1n) is 35.7. The highest BCUT2D eigenvalue weighted by atomic mass is 16.6. The molecule has 534 valence electrons. The monoisotopic (exact) mass is 1420 g/mol. The van der Waals surface area contributed by atoms with Crippen LogP contribution in [0.2, 0.25) is 0 Å². The van der Waals surface area contributed by atoms with Gasteiger partial charge in [0.15, 0.2) is 0 Å². The highest BCUT2D eigenvalue weighted by Crippen LogP contribution is 2.59. The number of carbonyl (C=O) groups excluding carboxylic acids is 2. The molecule has 0 bridgehead atoms. The average Bonchev–Trinajstić information content (AvgIpc) is 1.49. The third-order valence-corrected chi connectivity index (χ3v) is 20.4. The van der Waals surface area contributed by atoms with Crippen molar-refractivity contribution in [2.75, 3.05) is 52.9 Å². The quantitative estimate of drug-likeness (QED) is 0.0246. The molecule has 12 aromatic carbocycles. The van der Waals surface area contributed by atoms with Gasteiger partial charge in [0.2, 0.25) is 0 Å². The van der Waals surface area contributed by atoms with E-state index in [4.69, 9.17) is 37.9 Å². The lowest BCUT2D eigenvalue weighted by molar-refractivity contribution is -0.142. The van der Waals surface area contributed by atoms with Crippen LogP contribution >= 0.6 is 0 Å². The van der Waals surface area contributed by atoms with Crippen LogP contribution < -0.4 is 28.4 Å². The van der Waals surface area contributed by atoms with Crippen LogP contribution in [0.1, 0.15) is 66.8 Å². The molecule has 3 aliphatic rings. The van der Waals surface area contributed by atoms with Crippen molar-refractivity contribution < 1.29 is 67.9 Å². The van der Waals surface area contributed by atoms with Crippen molar-refractivity contribution in [1.82, 2.24) is 0 Å². The molecule has 14 heteroatoms. The van der Waals surface area contributed by atoms with Gasteiger partial charge >= 0.3 is 11.9 Å². The molecule has 0 aromatic heterocycles. The second kappa shape index (κ2) is 30.8. The number of hydrogen-bond donors (Lipinski definition) is 4. The van der Waals surface area contributed by atoms with Crippen LogP contribution in [0, 0.1) is 0 Å². The van der Waals surface area contributed by atoms with Crippen molar-refractivity contribution in [2.24, 2.45) is 0 Å². The molecular formula is C93H78O14. The number of hydrogen-bond acceptors (Lipinski definition) is 14. The number of carbonyl (C=O) groups is 2. The summed E-state index contributed by atoms with van der Waals surface area (Å²) in [5.74, 6) is 2.22. The van der Waals surface area contributed by atoms with Crippen LogP contribution in [0.4, 0.5) is 0 Å². The molecule has 4 atom stereocenters. The molecule has 4 unspecified atom stereocenters. The van der Waals surface area contributed by atoms with Gasteiger partial charge in [-0.15, -0.1) is 0 Å². The summed E-state index contributed by atoms with van der Waals surface area (Å²) >= 11 is 0. The van der Waals surface area contributed by atoms with E-state index < -0.39 is 52.6 Å². The molecule has 0 radical (unpaired) electrons. The molecule has 0 heterocycles. The first kappa shape index (κ1) is 70.4. The van der Waals surface area contributed by atoms with Crippen molar-refractivity contribution in [3.8, 4) is 67.9 Å². The minimum absolute atomic E-state index is 0.0132. The van der Waals surface area contributed by atoms with Gasteiger partial charge in [0.25, 0.3) is 0 Å². The fraction of sp³-hybridized carbons (Fsp3) is 0.161. The Morgan fingerprint density at radius 3 is 0.579 bits per heavy atom. The summed E-state index contributed by atoms with van der Waals surface area (Å²) in [6, 6.07) is 98.7. The van der Waals surface area contributed by atoms with Crippen molar-refractivity contribution >= 4 is 11.9 Å². The van der Waals surface area contributed by atoms with Gasteiger partial charge in [-0.25, -0.2) is 9.59 Å². The number of aliphatic hydroxyl groups is 4. The minimum atomic E-state index is -1.02. The molecule has 0 saturated heterocycles. The van der Waals surface area contributed by atoms with E-state index >= 15 is 0 Å². The van der Waals surface area contributed by atoms with E-state index in [0.717, 1.165) is 112 Å². The normalized spacial score (nSPS) is 14.5. The Bertz CT molecular complexity index is 4750. The highest BCUT2D eigenvalue weighted by Gasteiger charge is 2.49. The largest absolute Gasteiger partial charge is 0.491 e. The lowest BCUT2D eigenvalue weighted by Crippen LogP contribution is -2.29. The molecule has 107 heavy (non-hydrogen) atoms. The van der Waals surface area contributed by atoms with Gasteiger partial charge in [0, 0.05) is 12.2 Å². The molecular weight excluding hydrogens is 1340 g/mol. The summed E-state index contributed by atoms with van der Waals surface area (Å²) in [6.07, 6.45) is -1.86. The Kier molecular flexibility index (Phi) is 20.3. The molecule has 0 amide bonds. The summed E-state index contributed by atoms with van der Waals surface area (Å²) in [5.41, 5.74) is 17.6. The van der Waals surface area contributed by atoms with Crippen LogP contribution in [0.3, 0.4) is 0 Å². The van der Waals surface area contributed by atoms with Gasteiger partial charge in [-0.2, -0.15) is 0 Å². The molecule has 4 N–H and O–H groups in total. The smallest absolute Gasteiger partial charge is 0.330 e. The van der Waals surface area contributed by atoms with Gasteiger partial charge in [-0.05, 0) is 173 Å². The van der Waals surface area contributed by atoms with Crippen LogP contribution in [0.15, 0.2) is 316 Å². The standard InChI is InChI=1S/C93H78O14/c1-3-89(98)106-59-69(96)57-104-75-49-37-65(38-50-75)92(85-25-13-7-19-79(85)80-20-8-14-26-86(80)92)63-33-45-73(46-34-63)102-55-67(94)53-100-71-41-29-61(30-42-71)91(83-23-11-5-17-77(83)78-18-6-12-24-84(78)91)62-31-43-72(44-32-62)101-54-68(95)56-103-74-47-35-64(36-48-74)93(87-27-15-9-21-81(87)82-22-10-16-28-88(82)93)66-39-51-76(52-40-66)105-58-70(97)60-107-90(99)4-2/h3-52,67-70,94-97H,1-2,53-60H2. The molecule has 14 nitrogen and oxygen atoms in total. The van der Waals surface area contributed by atoms with E-state index in [1.54, 1.807) is 0 Å². The Morgan fingerprint density at radius 2 is 0.411 bits per heavy atom. The molecule has 0 aliphatic heterocycles. The van der Waals surface area contributed by atoms with E-state index in [9.17, 15) is 30.0 Å². The lowest BCUT2D eigenvalue weighted by Gasteiger charge is -2.34. The first-order valence-corrected chi connectivity index (χ1v) is 35.7. The van der Waals surface area contributed by atoms with Crippen LogP contribution in [-0.4, -0.2) is 110 Å². The predicted molar refractivity (Wildman–Crippen MR) is 411 cm³/mol. The van der Waals surface area contributed by atoms with Crippen LogP contribution in [-0.2, 0) is 35.3 Å². The zero-order valence-electron chi connectivity index (χ0n) is 58.6. The van der Waals surface area contributed by atoms with Crippen molar-refractivity contribution in [3.05, 3.63) is 383 Å². The van der Waals surface area contributed by atoms with Crippen molar-refractivity contribution in [3.63, 3.8) is 0 Å². The molecule has 15 rings (SSSR count). The van der Waals surface area contributed by atoms with E-state index in [2.05, 4.69) is 207 Å². The Balaban J connectivity index is 0.597. The molecule has 0 saturated carbocycles. The highest BCUT2D eigenvalue weighted by molar-refractivity contribution is 5.89. The number of rotatable bonds is 30. The number of esters is 2. The maximum atomic E-state index is 11.5. The molecule has 3 aliphatic carbocycles. The summed E-state index contributed by atoms with van der Waals surface area (Å²) in [6.45, 7) is 6.18. The van der Waals surface area contributed by atoms with Gasteiger partial charge in [-0.3, -0.25) is 0 Å². The summed E-state index contributed by atoms with van der Waals surface area (Å²) in [5, 5.41) is 43.6. The SMILES string of the molecule is C=CC(=O)OCC(O)COc1ccc(C2(c3ccc(OCC(O)COc4ccc(C5(c6ccc(OCC(O)COc7ccc(C8(c9ccc(OCC(O)COC(=O)C=C)cc9)c9ccccc9-c9ccccc98)cc7)cc6)c6ccccc6-c6ccccc65)cc4)cc3)c3ccccc3-c3ccccc32)cc1. The van der Waals surface area contributed by atoms with Crippen LogP contribution in [0.25, 0.3) is 33.4 Å². The fourth-order valence-electron chi connectivity index (χ4n) is 15.7. The Morgan fingerprint density at radius 1 is 0.252 bits per heavy atom. The van der Waals surface area contributed by atoms with Gasteiger partial charge in [0.1, 0.15) is 112 Å². The maximum absolute atomic E-state index is 11.5. The molecule has 0 fully saturated rings. The first-order chi connectivity index (χ1) is 52.4. The molecule has 0 spiro atoms. The third-order valence-electron chi connectivity index (χ3n) is 20.4. The number of fused-ring (bicyclic) bond motifs is 9. The summed E-state index contributed by atoms with van der Waals surface area (Å²) in [4.78, 5) is 23.1. The van der Waals surface area contributed by atoms with Crippen molar-refractivity contribution in [1.29, 1.82) is 0 Å². The number of benzene rings is 12. The zero-order valence-corrected chi connectivity index (χ0v) is 58.6. The fourth-order valence-corrected chi connectivity index (χ4v) is 15.7. The van der Waals surface area contributed by atoms with Gasteiger partial charge < -0.3 is 58.3 Å². The van der Waals surface area contributed by atoms with E-state index in [0.29, 0.717) is 34.5 Å². The number of aliphatic hydroxyl groups excluding tert-OH is 4. The van der Waals surface area contributed by atoms with E-state index in [1.807, 2.05) is 97.1 Å². The third kappa shape index (κ3) is 13.5.